The molecule has 0 saturated carbocycles. The van der Waals surface area contributed by atoms with Crippen LogP contribution >= 0.6 is 11.8 Å². The van der Waals surface area contributed by atoms with E-state index in [0.29, 0.717) is 35.5 Å². The Morgan fingerprint density at radius 1 is 1.06 bits per heavy atom. The molecule has 34 heavy (non-hydrogen) atoms. The van der Waals surface area contributed by atoms with E-state index < -0.39 is 0 Å². The van der Waals surface area contributed by atoms with Crippen LogP contribution in [0.3, 0.4) is 0 Å². The van der Waals surface area contributed by atoms with Crippen molar-refractivity contribution in [2.45, 2.75) is 45.5 Å². The molecule has 0 fully saturated rings. The molecule has 0 radical (unpaired) electrons. The molecule has 1 amide bonds. The van der Waals surface area contributed by atoms with Crippen molar-refractivity contribution in [3.63, 3.8) is 0 Å². The molecule has 1 aromatic heterocycles. The zero-order valence-corrected chi connectivity index (χ0v) is 20.5. The summed E-state index contributed by atoms with van der Waals surface area (Å²) >= 11 is 1.33. The van der Waals surface area contributed by atoms with Crippen LogP contribution in [-0.4, -0.2) is 39.0 Å². The van der Waals surface area contributed by atoms with E-state index >= 15 is 0 Å². The fourth-order valence-corrected chi connectivity index (χ4v) is 3.82. The first kappa shape index (κ1) is 25.3. The van der Waals surface area contributed by atoms with Crippen LogP contribution in [0.25, 0.3) is 0 Å². The van der Waals surface area contributed by atoms with Gasteiger partial charge in [0.2, 0.25) is 5.91 Å². The number of hydrogen-bond acceptors (Lipinski definition) is 7. The number of rotatable bonds is 12. The van der Waals surface area contributed by atoms with Gasteiger partial charge in [-0.05, 0) is 55.7 Å². The van der Waals surface area contributed by atoms with Gasteiger partial charge in [0.05, 0.1) is 17.9 Å². The second-order valence-corrected chi connectivity index (χ2v) is 8.91. The molecule has 3 aromatic rings. The third-order valence-electron chi connectivity index (χ3n) is 4.85. The van der Waals surface area contributed by atoms with Crippen molar-refractivity contribution in [2.24, 2.45) is 5.92 Å². The summed E-state index contributed by atoms with van der Waals surface area (Å²) in [5, 5.41) is 12.1. The first-order chi connectivity index (χ1) is 16.5. The van der Waals surface area contributed by atoms with Crippen molar-refractivity contribution in [1.29, 1.82) is 0 Å². The Morgan fingerprint density at radius 2 is 1.79 bits per heavy atom. The summed E-state index contributed by atoms with van der Waals surface area (Å²) in [5.41, 5.74) is 1.05. The molecule has 8 nitrogen and oxygen atoms in total. The van der Waals surface area contributed by atoms with E-state index in [9.17, 15) is 9.59 Å². The summed E-state index contributed by atoms with van der Waals surface area (Å²) in [6, 6.07) is 16.2. The number of benzene rings is 2. The Bertz CT molecular complexity index is 1070. The monoisotopic (exact) mass is 482 g/mol. The number of esters is 1. The van der Waals surface area contributed by atoms with Gasteiger partial charge in [-0.1, -0.05) is 43.8 Å². The van der Waals surface area contributed by atoms with Crippen LogP contribution in [0.1, 0.15) is 43.4 Å². The highest BCUT2D eigenvalue weighted by molar-refractivity contribution is 7.99. The van der Waals surface area contributed by atoms with Crippen LogP contribution in [-0.2, 0) is 22.7 Å². The number of thioether (sulfide) groups is 1. The Morgan fingerprint density at radius 3 is 2.47 bits per heavy atom. The Hall–Kier alpha value is -3.33. The summed E-state index contributed by atoms with van der Waals surface area (Å²) in [4.78, 5) is 24.3. The van der Waals surface area contributed by atoms with E-state index in [0.717, 1.165) is 24.5 Å². The molecule has 9 heteroatoms. The lowest BCUT2D eigenvalue weighted by Gasteiger charge is -2.12. The predicted octanol–water partition coefficient (Wildman–Crippen LogP) is 4.81. The van der Waals surface area contributed by atoms with Crippen LogP contribution < -0.4 is 10.1 Å². The smallest absolute Gasteiger partial charge is 0.338 e. The number of nitrogens with one attached hydrogen (secondary N) is 1. The van der Waals surface area contributed by atoms with E-state index in [4.69, 9.17) is 9.47 Å². The Labute approximate surface area is 204 Å². The number of nitrogens with zero attached hydrogens (tertiary/aromatic N) is 3. The van der Waals surface area contributed by atoms with E-state index in [-0.39, 0.29) is 17.6 Å². The molecule has 0 atom stereocenters. The lowest BCUT2D eigenvalue weighted by Crippen LogP contribution is -2.15. The van der Waals surface area contributed by atoms with Gasteiger partial charge in [0, 0.05) is 12.2 Å². The molecule has 0 aliphatic heterocycles. The van der Waals surface area contributed by atoms with Gasteiger partial charge in [-0.25, -0.2) is 4.79 Å². The summed E-state index contributed by atoms with van der Waals surface area (Å²) in [5.74, 6) is 1.63. The lowest BCUT2D eigenvalue weighted by molar-refractivity contribution is -0.113. The maximum Gasteiger partial charge on any atom is 0.338 e. The third-order valence-corrected chi connectivity index (χ3v) is 5.81. The molecular weight excluding hydrogens is 452 g/mol. The highest BCUT2D eigenvalue weighted by atomic mass is 32.2. The van der Waals surface area contributed by atoms with Gasteiger partial charge in [-0.2, -0.15) is 0 Å². The summed E-state index contributed by atoms with van der Waals surface area (Å²) in [6.07, 6.45) is 0.961. The lowest BCUT2D eigenvalue weighted by atomic mass is 10.1. The maximum absolute atomic E-state index is 12.5. The van der Waals surface area contributed by atoms with Crippen molar-refractivity contribution in [1.82, 2.24) is 14.8 Å². The van der Waals surface area contributed by atoms with Crippen molar-refractivity contribution in [3.8, 4) is 5.75 Å². The average Bonchev–Trinajstić information content (AvgIpc) is 3.23. The van der Waals surface area contributed by atoms with Crippen LogP contribution in [0, 0.1) is 5.92 Å². The van der Waals surface area contributed by atoms with Gasteiger partial charge in [0.1, 0.15) is 12.4 Å². The van der Waals surface area contributed by atoms with Gasteiger partial charge < -0.3 is 19.4 Å². The van der Waals surface area contributed by atoms with Gasteiger partial charge in [0.25, 0.3) is 0 Å². The zero-order valence-electron chi connectivity index (χ0n) is 19.7. The maximum atomic E-state index is 12.5. The van der Waals surface area contributed by atoms with E-state index in [1.807, 2.05) is 34.9 Å². The van der Waals surface area contributed by atoms with Crippen LogP contribution in [0.15, 0.2) is 59.8 Å². The SMILES string of the molecule is CCOC(=O)c1ccc(NC(=O)CSc2nnc(COc3ccccc3)n2CCC(C)C)cc1. The number of anilines is 1. The van der Waals surface area contributed by atoms with Gasteiger partial charge in [0.15, 0.2) is 11.0 Å². The van der Waals surface area contributed by atoms with Crippen molar-refractivity contribution in [3.05, 3.63) is 66.0 Å². The largest absolute Gasteiger partial charge is 0.486 e. The van der Waals surface area contributed by atoms with Crippen molar-refractivity contribution in [2.75, 3.05) is 17.7 Å². The quantitative estimate of drug-likeness (QED) is 0.292. The summed E-state index contributed by atoms with van der Waals surface area (Å²) in [7, 11) is 0. The molecule has 0 unspecified atom stereocenters. The molecule has 2 aromatic carbocycles. The number of amides is 1. The molecule has 180 valence electrons. The topological polar surface area (TPSA) is 95.3 Å². The molecule has 0 aliphatic rings. The van der Waals surface area contributed by atoms with Crippen LogP contribution in [0.4, 0.5) is 5.69 Å². The molecule has 0 saturated heterocycles. The molecular formula is C25H30N4O4S. The number of ether oxygens (including phenoxy) is 2. The number of aromatic nitrogens is 3. The molecule has 3 rings (SSSR count). The van der Waals surface area contributed by atoms with E-state index in [1.54, 1.807) is 31.2 Å². The summed E-state index contributed by atoms with van der Waals surface area (Å²) in [6.45, 7) is 7.45. The van der Waals surface area contributed by atoms with E-state index in [1.165, 1.54) is 11.8 Å². The molecule has 0 aliphatic carbocycles. The van der Waals surface area contributed by atoms with Crippen LogP contribution in [0.5, 0.6) is 5.75 Å². The van der Waals surface area contributed by atoms with Gasteiger partial charge in [-0.3, -0.25) is 4.79 Å². The molecule has 1 heterocycles. The zero-order chi connectivity index (χ0) is 24.3. The fraction of sp³-hybridized carbons (Fsp3) is 0.360. The number of carbonyl (C=O) groups is 2. The van der Waals surface area contributed by atoms with Crippen molar-refractivity contribution >= 4 is 29.3 Å². The van der Waals surface area contributed by atoms with E-state index in [2.05, 4.69) is 29.4 Å². The number of hydrogen-bond donors (Lipinski definition) is 1. The summed E-state index contributed by atoms with van der Waals surface area (Å²) < 4.78 is 12.9. The Kier molecular flexibility index (Phi) is 9.51. The van der Waals surface area contributed by atoms with Gasteiger partial charge in [-0.15, -0.1) is 10.2 Å². The van der Waals surface area contributed by atoms with Crippen LogP contribution in [0.2, 0.25) is 0 Å². The normalized spacial score (nSPS) is 10.8. The molecule has 0 spiro atoms. The first-order valence-electron chi connectivity index (χ1n) is 11.3. The minimum absolute atomic E-state index is 0.172. The minimum Gasteiger partial charge on any atom is -0.486 e. The molecule has 0 bridgehead atoms. The number of carbonyl (C=O) groups excluding carboxylic acids is 2. The third kappa shape index (κ3) is 7.62. The highest BCUT2D eigenvalue weighted by Crippen LogP contribution is 2.21. The first-order valence-corrected chi connectivity index (χ1v) is 12.2. The standard InChI is InChI=1S/C25H30N4O4S/c1-4-32-24(31)19-10-12-20(13-11-19)26-23(30)17-34-25-28-27-22(29(25)15-14-18(2)3)16-33-21-8-6-5-7-9-21/h5-13,18H,4,14-17H2,1-3H3,(H,26,30). The fourth-order valence-electron chi connectivity index (χ4n) is 3.04. The second kappa shape index (κ2) is 12.8. The predicted molar refractivity (Wildman–Crippen MR) is 132 cm³/mol. The molecule has 1 N–H and O–H groups in total. The highest BCUT2D eigenvalue weighted by Gasteiger charge is 2.16. The second-order valence-electron chi connectivity index (χ2n) is 7.97. The minimum atomic E-state index is -0.385. The average molecular weight is 483 g/mol. The Balaban J connectivity index is 1.59. The van der Waals surface area contributed by atoms with Crippen molar-refractivity contribution < 1.29 is 19.1 Å². The number of para-hydroxylation sites is 1. The van der Waals surface area contributed by atoms with Gasteiger partial charge >= 0.3 is 5.97 Å².